The molecule has 2 saturated carbocycles. The third-order valence-corrected chi connectivity index (χ3v) is 4.23. The number of hydrogen-bond acceptors (Lipinski definition) is 2. The average Bonchev–Trinajstić information content (AvgIpc) is 2.93. The fourth-order valence-corrected chi connectivity index (χ4v) is 2.31. The SMILES string of the molecule is CCC1(CNC(=O)CC2(N)CCC2)CC1. The minimum Gasteiger partial charge on any atom is -0.355 e. The standard InChI is InChI=1S/C12H22N2O/c1-2-11(6-7-11)9-14-10(15)8-12(13)4-3-5-12/h2-9,13H2,1H3,(H,14,15). The van der Waals surface area contributed by atoms with Crippen molar-refractivity contribution in [2.24, 2.45) is 11.1 Å². The zero-order valence-electron chi connectivity index (χ0n) is 9.64. The molecule has 0 spiro atoms. The molecule has 3 heteroatoms. The van der Waals surface area contributed by atoms with Gasteiger partial charge in [-0.2, -0.15) is 0 Å². The second-order valence-corrected chi connectivity index (χ2v) is 5.52. The summed E-state index contributed by atoms with van der Waals surface area (Å²) in [7, 11) is 0. The lowest BCUT2D eigenvalue weighted by Crippen LogP contribution is -2.50. The summed E-state index contributed by atoms with van der Waals surface area (Å²) >= 11 is 0. The van der Waals surface area contributed by atoms with Crippen molar-refractivity contribution in [3.05, 3.63) is 0 Å². The molecule has 0 saturated heterocycles. The van der Waals surface area contributed by atoms with Crippen molar-refractivity contribution in [3.63, 3.8) is 0 Å². The van der Waals surface area contributed by atoms with E-state index in [4.69, 9.17) is 5.73 Å². The molecule has 0 radical (unpaired) electrons. The number of rotatable bonds is 5. The molecule has 0 bridgehead atoms. The number of hydrogen-bond donors (Lipinski definition) is 2. The number of carbonyl (C=O) groups is 1. The molecule has 0 aromatic carbocycles. The van der Waals surface area contributed by atoms with Crippen LogP contribution in [0.4, 0.5) is 0 Å². The largest absolute Gasteiger partial charge is 0.355 e. The number of carbonyl (C=O) groups excluding carboxylic acids is 1. The van der Waals surface area contributed by atoms with Gasteiger partial charge in [-0.25, -0.2) is 0 Å². The summed E-state index contributed by atoms with van der Waals surface area (Å²) in [6.45, 7) is 3.06. The lowest BCUT2D eigenvalue weighted by molar-refractivity contribution is -0.123. The Morgan fingerprint density at radius 1 is 1.33 bits per heavy atom. The molecule has 2 rings (SSSR count). The van der Waals surface area contributed by atoms with Crippen LogP contribution in [0.1, 0.15) is 51.9 Å². The Hall–Kier alpha value is -0.570. The topological polar surface area (TPSA) is 55.1 Å². The van der Waals surface area contributed by atoms with Crippen LogP contribution in [0.5, 0.6) is 0 Å². The molecule has 0 atom stereocenters. The summed E-state index contributed by atoms with van der Waals surface area (Å²) in [5, 5.41) is 3.04. The monoisotopic (exact) mass is 210 g/mol. The molecule has 1 amide bonds. The molecule has 0 unspecified atom stereocenters. The second kappa shape index (κ2) is 3.78. The van der Waals surface area contributed by atoms with Crippen molar-refractivity contribution >= 4 is 5.91 Å². The van der Waals surface area contributed by atoms with Gasteiger partial charge in [0.1, 0.15) is 0 Å². The predicted molar refractivity (Wildman–Crippen MR) is 60.4 cm³/mol. The maximum atomic E-state index is 11.7. The van der Waals surface area contributed by atoms with Gasteiger partial charge in [-0.05, 0) is 43.9 Å². The van der Waals surface area contributed by atoms with Gasteiger partial charge in [0.05, 0.1) is 0 Å². The van der Waals surface area contributed by atoms with Crippen molar-refractivity contribution in [2.45, 2.75) is 57.4 Å². The smallest absolute Gasteiger partial charge is 0.221 e. The van der Waals surface area contributed by atoms with E-state index in [0.717, 1.165) is 19.4 Å². The van der Waals surface area contributed by atoms with E-state index in [1.54, 1.807) is 0 Å². The number of nitrogens with two attached hydrogens (primary N) is 1. The molecule has 0 aromatic heterocycles. The van der Waals surface area contributed by atoms with Crippen LogP contribution in [0.15, 0.2) is 0 Å². The van der Waals surface area contributed by atoms with Gasteiger partial charge in [-0.15, -0.1) is 0 Å². The quantitative estimate of drug-likeness (QED) is 0.723. The molecule has 3 nitrogen and oxygen atoms in total. The molecule has 0 aliphatic heterocycles. The van der Waals surface area contributed by atoms with Crippen LogP contribution in [0.2, 0.25) is 0 Å². The van der Waals surface area contributed by atoms with E-state index in [0.29, 0.717) is 11.8 Å². The Labute approximate surface area is 91.8 Å². The van der Waals surface area contributed by atoms with Crippen LogP contribution in [0.25, 0.3) is 0 Å². The van der Waals surface area contributed by atoms with E-state index >= 15 is 0 Å². The molecular formula is C12H22N2O. The molecule has 3 N–H and O–H groups in total. The van der Waals surface area contributed by atoms with Crippen LogP contribution in [0, 0.1) is 5.41 Å². The first-order valence-electron chi connectivity index (χ1n) is 6.13. The molecule has 15 heavy (non-hydrogen) atoms. The van der Waals surface area contributed by atoms with Crippen LogP contribution in [-0.2, 0) is 4.79 Å². The van der Waals surface area contributed by atoms with Gasteiger partial charge < -0.3 is 11.1 Å². The van der Waals surface area contributed by atoms with Crippen molar-refractivity contribution in [1.29, 1.82) is 0 Å². The number of nitrogens with one attached hydrogen (secondary N) is 1. The zero-order valence-corrected chi connectivity index (χ0v) is 9.64. The highest BCUT2D eigenvalue weighted by Gasteiger charge is 2.41. The molecule has 2 aliphatic rings. The number of amides is 1. The van der Waals surface area contributed by atoms with Crippen LogP contribution >= 0.6 is 0 Å². The van der Waals surface area contributed by atoms with Crippen LogP contribution in [0.3, 0.4) is 0 Å². The Bertz CT molecular complexity index is 254. The van der Waals surface area contributed by atoms with Crippen molar-refractivity contribution < 1.29 is 4.79 Å². The fourth-order valence-electron chi connectivity index (χ4n) is 2.31. The van der Waals surface area contributed by atoms with E-state index in [1.807, 2.05) is 0 Å². The summed E-state index contributed by atoms with van der Waals surface area (Å²) in [5.74, 6) is 0.150. The molecular weight excluding hydrogens is 188 g/mol. The maximum absolute atomic E-state index is 11.7. The Morgan fingerprint density at radius 2 is 2.00 bits per heavy atom. The van der Waals surface area contributed by atoms with E-state index < -0.39 is 0 Å². The first kappa shape index (κ1) is 10.9. The summed E-state index contributed by atoms with van der Waals surface area (Å²) < 4.78 is 0. The van der Waals surface area contributed by atoms with Gasteiger partial charge in [0.2, 0.25) is 5.91 Å². The third-order valence-electron chi connectivity index (χ3n) is 4.23. The van der Waals surface area contributed by atoms with Gasteiger partial charge in [-0.1, -0.05) is 6.92 Å². The fraction of sp³-hybridized carbons (Fsp3) is 0.917. The highest BCUT2D eigenvalue weighted by molar-refractivity contribution is 5.77. The summed E-state index contributed by atoms with van der Waals surface area (Å²) in [4.78, 5) is 11.7. The van der Waals surface area contributed by atoms with Crippen LogP contribution in [-0.4, -0.2) is 18.0 Å². The van der Waals surface area contributed by atoms with Gasteiger partial charge in [0.15, 0.2) is 0 Å². The molecule has 2 aliphatic carbocycles. The van der Waals surface area contributed by atoms with Crippen molar-refractivity contribution in [1.82, 2.24) is 5.32 Å². The van der Waals surface area contributed by atoms with Crippen LogP contribution < -0.4 is 11.1 Å². The Kier molecular flexibility index (Phi) is 2.75. The van der Waals surface area contributed by atoms with E-state index in [2.05, 4.69) is 12.2 Å². The Morgan fingerprint density at radius 3 is 2.40 bits per heavy atom. The minimum atomic E-state index is -0.174. The van der Waals surface area contributed by atoms with E-state index in [1.165, 1.54) is 25.7 Å². The lowest BCUT2D eigenvalue weighted by atomic mass is 9.75. The lowest BCUT2D eigenvalue weighted by Gasteiger charge is -2.37. The molecule has 0 aromatic rings. The Balaban J connectivity index is 1.69. The highest BCUT2D eigenvalue weighted by atomic mass is 16.1. The zero-order chi connectivity index (χ0) is 10.9. The van der Waals surface area contributed by atoms with E-state index in [9.17, 15) is 4.79 Å². The van der Waals surface area contributed by atoms with Gasteiger partial charge >= 0.3 is 0 Å². The first-order chi connectivity index (χ1) is 7.08. The third kappa shape index (κ3) is 2.51. The average molecular weight is 210 g/mol. The van der Waals surface area contributed by atoms with Gasteiger partial charge in [0.25, 0.3) is 0 Å². The summed E-state index contributed by atoms with van der Waals surface area (Å²) in [6.07, 6.45) is 7.46. The summed E-state index contributed by atoms with van der Waals surface area (Å²) in [5.41, 5.74) is 6.30. The predicted octanol–water partition coefficient (Wildman–Crippen LogP) is 1.56. The van der Waals surface area contributed by atoms with Crippen molar-refractivity contribution in [3.8, 4) is 0 Å². The summed E-state index contributed by atoms with van der Waals surface area (Å²) in [6, 6.07) is 0. The molecule has 86 valence electrons. The minimum absolute atomic E-state index is 0.150. The first-order valence-corrected chi connectivity index (χ1v) is 6.13. The highest BCUT2D eigenvalue weighted by Crippen LogP contribution is 2.47. The van der Waals surface area contributed by atoms with Gasteiger partial charge in [-0.3, -0.25) is 4.79 Å². The van der Waals surface area contributed by atoms with E-state index in [-0.39, 0.29) is 11.4 Å². The molecule has 0 heterocycles. The van der Waals surface area contributed by atoms with Gasteiger partial charge in [0, 0.05) is 18.5 Å². The van der Waals surface area contributed by atoms with Crippen molar-refractivity contribution in [2.75, 3.05) is 6.54 Å². The maximum Gasteiger partial charge on any atom is 0.221 e. The second-order valence-electron chi connectivity index (χ2n) is 5.52. The molecule has 2 fully saturated rings. The normalized spacial score (nSPS) is 25.5.